The summed E-state index contributed by atoms with van der Waals surface area (Å²) >= 11 is 8.63. The van der Waals surface area contributed by atoms with E-state index in [0.717, 1.165) is 15.8 Å². The van der Waals surface area contributed by atoms with Crippen molar-refractivity contribution in [2.75, 3.05) is 14.2 Å². The highest BCUT2D eigenvalue weighted by atomic mass is 79.9. The molecule has 0 saturated heterocycles. The number of carbonyl (C=O) groups is 1. The quantitative estimate of drug-likeness (QED) is 0.511. The SMILES string of the molecule is COc1cc(OC)cc(C(=O)NC(=S)NCc2ccc(-c3ccc(Br)cc3)o2)c1. The molecule has 0 aliphatic rings. The topological polar surface area (TPSA) is 72.7 Å². The number of nitrogens with one attached hydrogen (secondary N) is 2. The first-order chi connectivity index (χ1) is 14.0. The molecule has 0 saturated carbocycles. The Hall–Kier alpha value is -2.84. The fourth-order valence-electron chi connectivity index (χ4n) is 2.57. The van der Waals surface area contributed by atoms with E-state index >= 15 is 0 Å². The Balaban J connectivity index is 1.57. The Bertz CT molecular complexity index is 996. The summed E-state index contributed by atoms with van der Waals surface area (Å²) in [5.41, 5.74) is 1.35. The number of benzene rings is 2. The van der Waals surface area contributed by atoms with E-state index in [4.69, 9.17) is 26.1 Å². The van der Waals surface area contributed by atoms with Crippen LogP contribution in [-0.4, -0.2) is 25.2 Å². The number of amides is 1. The third-order valence-electron chi connectivity index (χ3n) is 4.05. The van der Waals surface area contributed by atoms with Crippen molar-refractivity contribution in [3.8, 4) is 22.8 Å². The zero-order valence-corrected chi connectivity index (χ0v) is 18.2. The number of halogens is 1. The van der Waals surface area contributed by atoms with Gasteiger partial charge in [0.2, 0.25) is 0 Å². The van der Waals surface area contributed by atoms with Gasteiger partial charge in [0, 0.05) is 21.7 Å². The average Bonchev–Trinajstić information content (AvgIpc) is 3.21. The van der Waals surface area contributed by atoms with Gasteiger partial charge in [0.05, 0.1) is 20.8 Å². The van der Waals surface area contributed by atoms with Crippen molar-refractivity contribution in [1.29, 1.82) is 0 Å². The fourth-order valence-corrected chi connectivity index (χ4v) is 3.00. The molecule has 3 aromatic rings. The van der Waals surface area contributed by atoms with Gasteiger partial charge in [-0.15, -0.1) is 0 Å². The van der Waals surface area contributed by atoms with E-state index in [0.29, 0.717) is 29.4 Å². The highest BCUT2D eigenvalue weighted by molar-refractivity contribution is 9.10. The molecule has 0 atom stereocenters. The van der Waals surface area contributed by atoms with Gasteiger partial charge in [-0.25, -0.2) is 0 Å². The summed E-state index contributed by atoms with van der Waals surface area (Å²) in [6.07, 6.45) is 0. The number of furan rings is 1. The van der Waals surface area contributed by atoms with Crippen LogP contribution in [0, 0.1) is 0 Å². The minimum atomic E-state index is -0.366. The summed E-state index contributed by atoms with van der Waals surface area (Å²) in [6.45, 7) is 0.344. The molecule has 0 bridgehead atoms. The van der Waals surface area contributed by atoms with Gasteiger partial charge in [-0.1, -0.05) is 28.1 Å². The summed E-state index contributed by atoms with van der Waals surface area (Å²) in [6, 6.07) is 16.5. The van der Waals surface area contributed by atoms with Crippen LogP contribution in [0.2, 0.25) is 0 Å². The second-order valence-corrected chi connectivity index (χ2v) is 7.33. The Labute approximate surface area is 182 Å². The molecule has 0 fully saturated rings. The van der Waals surface area contributed by atoms with Crippen molar-refractivity contribution in [3.63, 3.8) is 0 Å². The largest absolute Gasteiger partial charge is 0.497 e. The van der Waals surface area contributed by atoms with E-state index in [1.807, 2.05) is 36.4 Å². The van der Waals surface area contributed by atoms with Gasteiger partial charge >= 0.3 is 0 Å². The maximum atomic E-state index is 12.4. The molecule has 1 amide bonds. The molecule has 2 N–H and O–H groups in total. The zero-order valence-electron chi connectivity index (χ0n) is 15.8. The molecule has 0 unspecified atom stereocenters. The van der Waals surface area contributed by atoms with Crippen molar-refractivity contribution in [2.45, 2.75) is 6.54 Å². The molecule has 1 heterocycles. The lowest BCUT2D eigenvalue weighted by molar-refractivity contribution is 0.0976. The zero-order chi connectivity index (χ0) is 20.8. The van der Waals surface area contributed by atoms with E-state index in [1.54, 1.807) is 18.2 Å². The lowest BCUT2D eigenvalue weighted by atomic mass is 10.2. The Kier molecular flexibility index (Phi) is 6.90. The van der Waals surface area contributed by atoms with E-state index in [1.165, 1.54) is 14.2 Å². The molecule has 1 aromatic heterocycles. The number of rotatable bonds is 6. The van der Waals surface area contributed by atoms with Gasteiger partial charge in [0.15, 0.2) is 5.11 Å². The summed E-state index contributed by atoms with van der Waals surface area (Å²) < 4.78 is 17.2. The number of methoxy groups -OCH3 is 2. The Morgan fingerprint density at radius 2 is 1.69 bits per heavy atom. The smallest absolute Gasteiger partial charge is 0.257 e. The van der Waals surface area contributed by atoms with Crippen LogP contribution in [0.15, 0.2) is 63.5 Å². The minimum Gasteiger partial charge on any atom is -0.497 e. The van der Waals surface area contributed by atoms with E-state index in [9.17, 15) is 4.79 Å². The van der Waals surface area contributed by atoms with Crippen LogP contribution >= 0.6 is 28.1 Å². The molecule has 0 aliphatic carbocycles. The van der Waals surface area contributed by atoms with Crippen molar-refractivity contribution in [3.05, 3.63) is 70.4 Å². The molecule has 0 radical (unpaired) electrons. The number of hydrogen-bond acceptors (Lipinski definition) is 5. The van der Waals surface area contributed by atoms with Gasteiger partial charge in [-0.2, -0.15) is 0 Å². The first-order valence-electron chi connectivity index (χ1n) is 8.65. The normalized spacial score (nSPS) is 10.3. The second kappa shape index (κ2) is 9.58. The molecule has 8 heteroatoms. The van der Waals surface area contributed by atoms with Crippen molar-refractivity contribution < 1.29 is 18.7 Å². The highest BCUT2D eigenvalue weighted by Crippen LogP contribution is 2.24. The maximum absolute atomic E-state index is 12.4. The Morgan fingerprint density at radius 1 is 1.03 bits per heavy atom. The Morgan fingerprint density at radius 3 is 2.31 bits per heavy atom. The van der Waals surface area contributed by atoms with Crippen LogP contribution in [-0.2, 0) is 6.54 Å². The van der Waals surface area contributed by atoms with Crippen LogP contribution < -0.4 is 20.1 Å². The monoisotopic (exact) mass is 474 g/mol. The number of hydrogen-bond donors (Lipinski definition) is 2. The molecule has 2 aromatic carbocycles. The number of thiocarbonyl (C=S) groups is 1. The van der Waals surface area contributed by atoms with Crippen molar-refractivity contribution in [2.24, 2.45) is 0 Å². The molecule has 29 heavy (non-hydrogen) atoms. The minimum absolute atomic E-state index is 0.193. The van der Waals surface area contributed by atoms with E-state index < -0.39 is 0 Å². The predicted molar refractivity (Wildman–Crippen MR) is 118 cm³/mol. The predicted octanol–water partition coefficient (Wildman–Crippen LogP) is 4.53. The molecule has 6 nitrogen and oxygen atoms in total. The molecular weight excluding hydrogens is 456 g/mol. The van der Waals surface area contributed by atoms with Crippen LogP contribution in [0.4, 0.5) is 0 Å². The first-order valence-corrected chi connectivity index (χ1v) is 9.85. The fraction of sp³-hybridized carbons (Fsp3) is 0.143. The van der Waals surface area contributed by atoms with Gasteiger partial charge in [-0.3, -0.25) is 10.1 Å². The lowest BCUT2D eigenvalue weighted by Gasteiger charge is -2.10. The molecular formula is C21H19BrN2O4S. The third-order valence-corrected chi connectivity index (χ3v) is 4.83. The highest BCUT2D eigenvalue weighted by Gasteiger charge is 2.12. The summed E-state index contributed by atoms with van der Waals surface area (Å²) in [5, 5.41) is 5.80. The second-order valence-electron chi connectivity index (χ2n) is 6.01. The van der Waals surface area contributed by atoms with Gasteiger partial charge in [0.1, 0.15) is 23.0 Å². The summed E-state index contributed by atoms with van der Waals surface area (Å²) in [5.74, 6) is 2.12. The van der Waals surface area contributed by atoms with Gasteiger partial charge < -0.3 is 19.2 Å². The summed E-state index contributed by atoms with van der Waals surface area (Å²) in [7, 11) is 3.04. The molecule has 0 spiro atoms. The molecule has 0 aliphatic heterocycles. The first kappa shape index (κ1) is 20.9. The van der Waals surface area contributed by atoms with Crippen LogP contribution in [0.5, 0.6) is 11.5 Å². The van der Waals surface area contributed by atoms with Crippen LogP contribution in [0.1, 0.15) is 16.1 Å². The molecule has 3 rings (SSSR count). The van der Waals surface area contributed by atoms with Crippen molar-refractivity contribution in [1.82, 2.24) is 10.6 Å². The standard InChI is InChI=1S/C21H19BrN2O4S/c1-26-17-9-14(10-18(11-17)27-2)20(25)24-21(29)23-12-16-7-8-19(28-16)13-3-5-15(22)6-4-13/h3-11H,12H2,1-2H3,(H2,23,24,25,29). The molecule has 150 valence electrons. The third kappa shape index (κ3) is 5.58. The van der Waals surface area contributed by atoms with Gasteiger partial charge in [-0.05, 0) is 48.6 Å². The van der Waals surface area contributed by atoms with Crippen LogP contribution in [0.25, 0.3) is 11.3 Å². The van der Waals surface area contributed by atoms with Gasteiger partial charge in [0.25, 0.3) is 5.91 Å². The average molecular weight is 475 g/mol. The van der Waals surface area contributed by atoms with Crippen LogP contribution in [0.3, 0.4) is 0 Å². The van der Waals surface area contributed by atoms with E-state index in [-0.39, 0.29) is 11.0 Å². The number of ether oxygens (including phenoxy) is 2. The maximum Gasteiger partial charge on any atom is 0.257 e. The number of carbonyl (C=O) groups excluding carboxylic acids is 1. The summed E-state index contributed by atoms with van der Waals surface area (Å²) in [4.78, 5) is 12.4. The van der Waals surface area contributed by atoms with Crippen molar-refractivity contribution >= 4 is 39.2 Å². The van der Waals surface area contributed by atoms with E-state index in [2.05, 4.69) is 26.6 Å². The lowest BCUT2D eigenvalue weighted by Crippen LogP contribution is -2.38.